The first-order valence-corrected chi connectivity index (χ1v) is 13.1. The predicted octanol–water partition coefficient (Wildman–Crippen LogP) is 6.27. The number of piperidine rings is 1. The predicted molar refractivity (Wildman–Crippen MR) is 139 cm³/mol. The van der Waals surface area contributed by atoms with Crippen molar-refractivity contribution >= 4 is 25.4 Å². The molecule has 1 aliphatic rings. The van der Waals surface area contributed by atoms with Crippen LogP contribution in [0.1, 0.15) is 77.0 Å². The monoisotopic (exact) mass is 570 g/mol. The largest absolute Gasteiger partial charge is 0.444 e. The quantitative estimate of drug-likeness (QED) is 0.303. The van der Waals surface area contributed by atoms with E-state index in [-0.39, 0.29) is 41.7 Å². The minimum absolute atomic E-state index is 0.104. The van der Waals surface area contributed by atoms with Crippen LogP contribution in [0.4, 0.5) is 37.1 Å². The number of carbonyl (C=O) groups excluding carboxylic acids is 1. The molecule has 218 valence electrons. The van der Waals surface area contributed by atoms with Gasteiger partial charge in [-0.15, -0.1) is 0 Å². The molecule has 0 aliphatic carbocycles. The Morgan fingerprint density at radius 3 is 1.82 bits per heavy atom. The van der Waals surface area contributed by atoms with Gasteiger partial charge in [-0.25, -0.2) is 14.8 Å². The second kappa shape index (κ2) is 11.9. The summed E-state index contributed by atoms with van der Waals surface area (Å²) in [7, 11) is 5.73. The van der Waals surface area contributed by atoms with Crippen molar-refractivity contribution < 1.29 is 35.9 Å². The summed E-state index contributed by atoms with van der Waals surface area (Å²) in [4.78, 5) is 24.9. The Balaban J connectivity index is 2.05. The first kappa shape index (κ1) is 31.5. The van der Waals surface area contributed by atoms with Gasteiger partial charge in [0, 0.05) is 37.1 Å². The minimum atomic E-state index is -4.97. The number of likely N-dealkylation sites (tertiary alicyclic amines) is 1. The van der Waals surface area contributed by atoms with Crippen LogP contribution in [-0.4, -0.2) is 52.5 Å². The molecule has 1 aromatic heterocycles. The van der Waals surface area contributed by atoms with Gasteiger partial charge in [0.2, 0.25) is 5.95 Å². The lowest BCUT2D eigenvalue weighted by Gasteiger charge is -2.48. The molecule has 0 bridgehead atoms. The lowest BCUT2D eigenvalue weighted by atomic mass is 9.87. The van der Waals surface area contributed by atoms with Crippen molar-refractivity contribution in [1.82, 2.24) is 14.9 Å². The zero-order valence-electron chi connectivity index (χ0n) is 23.1. The first-order valence-electron chi connectivity index (χ1n) is 13.1. The van der Waals surface area contributed by atoms with Gasteiger partial charge in [-0.3, -0.25) is 0 Å². The molecule has 40 heavy (non-hydrogen) atoms. The smallest absolute Gasteiger partial charge is 0.416 e. The van der Waals surface area contributed by atoms with E-state index in [9.17, 15) is 31.1 Å². The molecule has 0 N–H and O–H groups in total. The summed E-state index contributed by atoms with van der Waals surface area (Å²) in [5, 5.41) is 0. The Labute approximate surface area is 231 Å². The molecule has 2 radical (unpaired) electrons. The van der Waals surface area contributed by atoms with Gasteiger partial charge in [0.1, 0.15) is 13.4 Å². The van der Waals surface area contributed by atoms with Crippen LogP contribution >= 0.6 is 0 Å². The van der Waals surface area contributed by atoms with E-state index in [1.54, 1.807) is 30.6 Å². The summed E-state index contributed by atoms with van der Waals surface area (Å²) in [5.74, 6) is 0.112. The summed E-state index contributed by atoms with van der Waals surface area (Å²) in [6.07, 6.45) is -5.88. The van der Waals surface area contributed by atoms with Crippen LogP contribution in [0, 0.1) is 0 Å². The molecule has 6 nitrogen and oxygen atoms in total. The third kappa shape index (κ3) is 7.81. The maximum Gasteiger partial charge on any atom is 0.416 e. The number of rotatable bonds is 6. The molecule has 1 fully saturated rings. The molecule has 3 rings (SSSR count). The summed E-state index contributed by atoms with van der Waals surface area (Å²) in [6.45, 7) is 8.80. The van der Waals surface area contributed by atoms with Gasteiger partial charge in [-0.2, -0.15) is 26.3 Å². The average molecular weight is 570 g/mol. The zero-order valence-corrected chi connectivity index (χ0v) is 23.1. The topological polar surface area (TPSA) is 58.6 Å². The van der Waals surface area contributed by atoms with Gasteiger partial charge >= 0.3 is 18.4 Å². The van der Waals surface area contributed by atoms with E-state index in [2.05, 4.69) is 9.97 Å². The molecule has 13 heteroatoms. The van der Waals surface area contributed by atoms with Crippen molar-refractivity contribution in [2.45, 2.75) is 103 Å². The first-order chi connectivity index (χ1) is 18.4. The normalized spacial score (nSPS) is 20.4. The van der Waals surface area contributed by atoms with Crippen LogP contribution in [0.3, 0.4) is 0 Å². The number of benzene rings is 1. The molecular weight excluding hydrogens is 537 g/mol. The maximum atomic E-state index is 13.6. The van der Waals surface area contributed by atoms with E-state index in [1.165, 1.54) is 12.4 Å². The SMILES string of the molecule is [B]c1cnc(N(Cc2cc(C(F)(F)F)cc(C(F)(F)F)c2)C2C[C@@H](CC)N(C(=O)OC(C)(C)C)[C@@H](CC)C2)nc1. The number of alkyl halides is 6. The van der Waals surface area contributed by atoms with E-state index in [4.69, 9.17) is 12.6 Å². The third-order valence-corrected chi connectivity index (χ3v) is 6.78. The number of hydrogen-bond acceptors (Lipinski definition) is 5. The van der Waals surface area contributed by atoms with Crippen LogP contribution in [0.15, 0.2) is 30.6 Å². The number of halogens is 6. The highest BCUT2D eigenvalue weighted by molar-refractivity contribution is 6.31. The van der Waals surface area contributed by atoms with Crippen molar-refractivity contribution in [1.29, 1.82) is 0 Å². The number of hydrogen-bond donors (Lipinski definition) is 0. The molecule has 0 saturated carbocycles. The summed E-state index contributed by atoms with van der Waals surface area (Å²) in [6, 6.07) is 0.548. The fraction of sp³-hybridized carbons (Fsp3) is 0.593. The van der Waals surface area contributed by atoms with Gasteiger partial charge < -0.3 is 14.5 Å². The molecular formula is C27H33BF6N4O2. The standard InChI is InChI=1S/C27H33BF6N4O2/c1-6-20-11-22(12-21(7-2)38(20)24(39)40-25(3,4)5)37(23-35-13-19(28)14-36-23)15-16-8-17(26(29,30)31)10-18(9-16)27(32,33)34/h8-10,13-14,20-22H,6-7,11-12,15H2,1-5H3/t20-,21+,22?. The van der Waals surface area contributed by atoms with Crippen molar-refractivity contribution in [2.24, 2.45) is 0 Å². The molecule has 2 heterocycles. The number of amides is 1. The van der Waals surface area contributed by atoms with E-state index in [0.29, 0.717) is 37.8 Å². The number of anilines is 1. The van der Waals surface area contributed by atoms with Crippen molar-refractivity contribution in [3.63, 3.8) is 0 Å². The zero-order chi connectivity index (χ0) is 30.0. The average Bonchev–Trinajstić information content (AvgIpc) is 2.84. The number of ether oxygens (including phenoxy) is 1. The van der Waals surface area contributed by atoms with Crippen molar-refractivity contribution in [3.05, 3.63) is 47.3 Å². The van der Waals surface area contributed by atoms with Crippen LogP contribution in [-0.2, 0) is 23.6 Å². The van der Waals surface area contributed by atoms with Crippen molar-refractivity contribution in [2.75, 3.05) is 4.90 Å². The molecule has 3 atom stereocenters. The molecule has 0 spiro atoms. The van der Waals surface area contributed by atoms with Crippen LogP contribution < -0.4 is 10.4 Å². The highest BCUT2D eigenvalue weighted by atomic mass is 19.4. The van der Waals surface area contributed by atoms with Gasteiger partial charge in [-0.05, 0) is 70.2 Å². The van der Waals surface area contributed by atoms with E-state index in [0.717, 1.165) is 0 Å². The summed E-state index contributed by atoms with van der Waals surface area (Å²) < 4.78 is 87.0. The van der Waals surface area contributed by atoms with Gasteiger partial charge in [0.05, 0.1) is 11.1 Å². The number of carbonyl (C=O) groups is 1. The van der Waals surface area contributed by atoms with Gasteiger partial charge in [0.15, 0.2) is 0 Å². The third-order valence-electron chi connectivity index (χ3n) is 6.78. The Morgan fingerprint density at radius 1 is 0.950 bits per heavy atom. The Bertz CT molecular complexity index is 1120. The molecule has 1 saturated heterocycles. The molecule has 1 unspecified atom stereocenters. The van der Waals surface area contributed by atoms with Crippen LogP contribution in [0.25, 0.3) is 0 Å². The van der Waals surface area contributed by atoms with Gasteiger partial charge in [-0.1, -0.05) is 19.3 Å². The second-order valence-electron chi connectivity index (χ2n) is 11.0. The Morgan fingerprint density at radius 2 is 1.43 bits per heavy atom. The van der Waals surface area contributed by atoms with Gasteiger partial charge in [0.25, 0.3) is 0 Å². The number of nitrogens with zero attached hydrogens (tertiary/aromatic N) is 4. The van der Waals surface area contributed by atoms with E-state index >= 15 is 0 Å². The lowest BCUT2D eigenvalue weighted by Crippen LogP contribution is -2.57. The fourth-order valence-corrected chi connectivity index (χ4v) is 4.99. The Kier molecular flexibility index (Phi) is 9.35. The van der Waals surface area contributed by atoms with E-state index < -0.39 is 41.2 Å². The highest BCUT2D eigenvalue weighted by Gasteiger charge is 2.42. The Hall–Kier alpha value is -2.99. The number of aromatic nitrogens is 2. The van der Waals surface area contributed by atoms with Crippen LogP contribution in [0.2, 0.25) is 0 Å². The molecule has 1 amide bonds. The molecule has 1 aromatic carbocycles. The summed E-state index contributed by atoms with van der Waals surface area (Å²) >= 11 is 0. The molecule has 2 aromatic rings. The summed E-state index contributed by atoms with van der Waals surface area (Å²) in [5.41, 5.74) is -3.45. The fourth-order valence-electron chi connectivity index (χ4n) is 4.99. The van der Waals surface area contributed by atoms with Crippen molar-refractivity contribution in [3.8, 4) is 0 Å². The highest BCUT2D eigenvalue weighted by Crippen LogP contribution is 2.38. The lowest BCUT2D eigenvalue weighted by molar-refractivity contribution is -0.143. The minimum Gasteiger partial charge on any atom is -0.444 e. The maximum absolute atomic E-state index is 13.6. The van der Waals surface area contributed by atoms with E-state index in [1.807, 2.05) is 13.8 Å². The second-order valence-corrected chi connectivity index (χ2v) is 11.0. The molecule has 1 aliphatic heterocycles. The van der Waals surface area contributed by atoms with Crippen LogP contribution in [0.5, 0.6) is 0 Å².